The van der Waals surface area contributed by atoms with Gasteiger partial charge in [0, 0.05) is 0 Å². The van der Waals surface area contributed by atoms with Crippen LogP contribution in [0.2, 0.25) is 0 Å². The van der Waals surface area contributed by atoms with Crippen molar-refractivity contribution in [3.8, 4) is 11.8 Å². The molecular formula is C15H12N2O3. The van der Waals surface area contributed by atoms with Crippen LogP contribution in [0.1, 0.15) is 21.5 Å². The zero-order valence-corrected chi connectivity index (χ0v) is 10.5. The zero-order valence-electron chi connectivity index (χ0n) is 10.5. The van der Waals surface area contributed by atoms with Gasteiger partial charge in [-0.2, -0.15) is 5.26 Å². The minimum atomic E-state index is -1.03. The Kier molecular flexibility index (Phi) is 3.87. The van der Waals surface area contributed by atoms with E-state index in [2.05, 4.69) is 0 Å². The van der Waals surface area contributed by atoms with Crippen LogP contribution < -0.4 is 10.5 Å². The molecule has 100 valence electrons. The van der Waals surface area contributed by atoms with E-state index >= 15 is 0 Å². The van der Waals surface area contributed by atoms with Crippen LogP contribution in [0.4, 0.5) is 5.69 Å². The van der Waals surface area contributed by atoms with Crippen molar-refractivity contribution in [3.63, 3.8) is 0 Å². The number of nitrogen functional groups attached to an aromatic ring is 1. The molecule has 5 nitrogen and oxygen atoms in total. The van der Waals surface area contributed by atoms with E-state index in [-0.39, 0.29) is 11.3 Å². The van der Waals surface area contributed by atoms with Crippen LogP contribution in [-0.4, -0.2) is 11.1 Å². The van der Waals surface area contributed by atoms with Gasteiger partial charge in [0.2, 0.25) is 0 Å². The van der Waals surface area contributed by atoms with Gasteiger partial charge >= 0.3 is 5.97 Å². The van der Waals surface area contributed by atoms with Crippen molar-refractivity contribution in [1.29, 1.82) is 5.26 Å². The summed E-state index contributed by atoms with van der Waals surface area (Å²) in [5.41, 5.74) is 7.61. The van der Waals surface area contributed by atoms with E-state index in [1.807, 2.05) is 6.07 Å². The quantitative estimate of drug-likeness (QED) is 0.830. The number of benzene rings is 2. The number of carbonyl (C=O) groups is 1. The fourth-order valence-corrected chi connectivity index (χ4v) is 1.65. The molecule has 0 aliphatic rings. The molecule has 0 aliphatic carbocycles. The van der Waals surface area contributed by atoms with Crippen LogP contribution in [0.3, 0.4) is 0 Å². The lowest BCUT2D eigenvalue weighted by Gasteiger charge is -2.09. The molecule has 0 radical (unpaired) electrons. The Morgan fingerprint density at radius 3 is 2.50 bits per heavy atom. The number of hydrogen-bond donors (Lipinski definition) is 2. The molecule has 3 N–H and O–H groups in total. The third kappa shape index (κ3) is 3.06. The van der Waals surface area contributed by atoms with Gasteiger partial charge < -0.3 is 15.6 Å². The maximum absolute atomic E-state index is 10.8. The van der Waals surface area contributed by atoms with Gasteiger partial charge in [-0.3, -0.25) is 0 Å². The van der Waals surface area contributed by atoms with E-state index in [0.717, 1.165) is 5.56 Å². The van der Waals surface area contributed by atoms with Gasteiger partial charge in [-0.15, -0.1) is 0 Å². The zero-order chi connectivity index (χ0) is 14.5. The molecule has 0 aromatic heterocycles. The molecule has 0 fully saturated rings. The smallest absolute Gasteiger partial charge is 0.335 e. The Hall–Kier alpha value is -3.00. The second-order valence-electron chi connectivity index (χ2n) is 4.16. The fraction of sp³-hybridized carbons (Fsp3) is 0.0667. The van der Waals surface area contributed by atoms with E-state index in [0.29, 0.717) is 17.9 Å². The summed E-state index contributed by atoms with van der Waals surface area (Å²) in [5.74, 6) is -0.602. The highest BCUT2D eigenvalue weighted by molar-refractivity contribution is 5.89. The molecule has 0 heterocycles. The number of anilines is 1. The third-order valence-corrected chi connectivity index (χ3v) is 2.73. The standard InChI is InChI=1S/C15H12N2O3/c16-8-10-1-3-11(4-2-10)9-20-14-6-5-12(15(18)19)7-13(14)17/h1-7H,9,17H2,(H,18,19). The maximum atomic E-state index is 10.8. The summed E-state index contributed by atoms with van der Waals surface area (Å²) in [5, 5.41) is 17.5. The number of hydrogen-bond acceptors (Lipinski definition) is 4. The van der Waals surface area contributed by atoms with Gasteiger partial charge in [-0.1, -0.05) is 12.1 Å². The van der Waals surface area contributed by atoms with Crippen LogP contribution in [0.15, 0.2) is 42.5 Å². The topological polar surface area (TPSA) is 96.3 Å². The Morgan fingerprint density at radius 2 is 1.95 bits per heavy atom. The van der Waals surface area contributed by atoms with E-state index in [4.69, 9.17) is 20.8 Å². The van der Waals surface area contributed by atoms with Gasteiger partial charge in [-0.25, -0.2) is 4.79 Å². The molecule has 0 saturated heterocycles. The average Bonchev–Trinajstić information content (AvgIpc) is 2.46. The molecule has 0 atom stereocenters. The van der Waals surface area contributed by atoms with Crippen LogP contribution >= 0.6 is 0 Å². The number of aromatic carboxylic acids is 1. The first kappa shape index (κ1) is 13.4. The van der Waals surface area contributed by atoms with Gasteiger partial charge in [0.05, 0.1) is 22.9 Å². The number of nitrogens with zero attached hydrogens (tertiary/aromatic N) is 1. The van der Waals surface area contributed by atoms with Gasteiger partial charge in [0.25, 0.3) is 0 Å². The summed E-state index contributed by atoms with van der Waals surface area (Å²) in [6, 6.07) is 13.4. The largest absolute Gasteiger partial charge is 0.487 e. The lowest BCUT2D eigenvalue weighted by molar-refractivity contribution is 0.0697. The number of rotatable bonds is 4. The molecule has 0 spiro atoms. The molecule has 20 heavy (non-hydrogen) atoms. The number of nitrogens with two attached hydrogens (primary N) is 1. The van der Waals surface area contributed by atoms with E-state index in [1.54, 1.807) is 24.3 Å². The normalized spacial score (nSPS) is 9.75. The Balaban J connectivity index is 2.07. The first-order valence-electron chi connectivity index (χ1n) is 5.85. The van der Waals surface area contributed by atoms with Crippen molar-refractivity contribution in [2.75, 3.05) is 5.73 Å². The molecule has 2 aromatic rings. The molecule has 2 aromatic carbocycles. The van der Waals surface area contributed by atoms with Crippen molar-refractivity contribution < 1.29 is 14.6 Å². The molecule has 0 aliphatic heterocycles. The molecule has 0 bridgehead atoms. The predicted molar refractivity (Wildman–Crippen MR) is 73.3 cm³/mol. The SMILES string of the molecule is N#Cc1ccc(COc2ccc(C(=O)O)cc2N)cc1. The summed E-state index contributed by atoms with van der Waals surface area (Å²) in [4.78, 5) is 10.8. The second-order valence-corrected chi connectivity index (χ2v) is 4.16. The van der Waals surface area contributed by atoms with Crippen LogP contribution in [0, 0.1) is 11.3 Å². The average molecular weight is 268 g/mol. The first-order chi connectivity index (χ1) is 9.60. The van der Waals surface area contributed by atoms with Crippen molar-refractivity contribution in [1.82, 2.24) is 0 Å². The summed E-state index contributed by atoms with van der Waals surface area (Å²) < 4.78 is 5.53. The van der Waals surface area contributed by atoms with Gasteiger partial charge in [0.1, 0.15) is 12.4 Å². The minimum absolute atomic E-state index is 0.119. The summed E-state index contributed by atoms with van der Waals surface area (Å²) in [7, 11) is 0. The first-order valence-corrected chi connectivity index (χ1v) is 5.85. The van der Waals surface area contributed by atoms with Crippen LogP contribution in [0.25, 0.3) is 0 Å². The second kappa shape index (κ2) is 5.76. The minimum Gasteiger partial charge on any atom is -0.487 e. The number of carboxylic acid groups (broad SMARTS) is 1. The summed E-state index contributed by atoms with van der Waals surface area (Å²) in [6.45, 7) is 0.294. The molecule has 2 rings (SSSR count). The fourth-order valence-electron chi connectivity index (χ4n) is 1.65. The highest BCUT2D eigenvalue weighted by atomic mass is 16.5. The van der Waals surface area contributed by atoms with Crippen molar-refractivity contribution >= 4 is 11.7 Å². The molecular weight excluding hydrogens is 256 g/mol. The van der Waals surface area contributed by atoms with Crippen molar-refractivity contribution in [2.45, 2.75) is 6.61 Å². The summed E-state index contributed by atoms with van der Waals surface area (Å²) in [6.07, 6.45) is 0. The monoisotopic (exact) mass is 268 g/mol. The summed E-state index contributed by atoms with van der Waals surface area (Å²) >= 11 is 0. The number of ether oxygens (including phenoxy) is 1. The van der Waals surface area contributed by atoms with Crippen LogP contribution in [-0.2, 0) is 6.61 Å². The lowest BCUT2D eigenvalue weighted by Crippen LogP contribution is -2.02. The maximum Gasteiger partial charge on any atom is 0.335 e. The third-order valence-electron chi connectivity index (χ3n) is 2.73. The Morgan fingerprint density at radius 1 is 1.25 bits per heavy atom. The Bertz CT molecular complexity index is 673. The highest BCUT2D eigenvalue weighted by Crippen LogP contribution is 2.23. The van der Waals surface area contributed by atoms with E-state index < -0.39 is 5.97 Å². The van der Waals surface area contributed by atoms with Crippen LogP contribution in [0.5, 0.6) is 5.75 Å². The van der Waals surface area contributed by atoms with Crippen molar-refractivity contribution in [3.05, 3.63) is 59.2 Å². The molecule has 0 saturated carbocycles. The van der Waals surface area contributed by atoms with E-state index in [9.17, 15) is 4.79 Å². The predicted octanol–water partition coefficient (Wildman–Crippen LogP) is 2.42. The van der Waals surface area contributed by atoms with E-state index in [1.165, 1.54) is 18.2 Å². The highest BCUT2D eigenvalue weighted by Gasteiger charge is 2.07. The van der Waals surface area contributed by atoms with Gasteiger partial charge in [-0.05, 0) is 35.9 Å². The molecule has 5 heteroatoms. The van der Waals surface area contributed by atoms with Gasteiger partial charge in [0.15, 0.2) is 0 Å². The number of nitriles is 1. The Labute approximate surface area is 115 Å². The van der Waals surface area contributed by atoms with Crippen molar-refractivity contribution in [2.24, 2.45) is 0 Å². The lowest BCUT2D eigenvalue weighted by atomic mass is 10.1. The number of carboxylic acids is 1. The molecule has 0 amide bonds. The molecule has 0 unspecified atom stereocenters.